The van der Waals surface area contributed by atoms with Gasteiger partial charge in [0.1, 0.15) is 5.75 Å². The molecule has 1 aliphatic heterocycles. The normalized spacial score (nSPS) is 21.4. The fourth-order valence-corrected chi connectivity index (χ4v) is 3.54. The summed E-state index contributed by atoms with van der Waals surface area (Å²) >= 11 is 6.21. The number of hydrogen-bond donors (Lipinski definition) is 2. The van der Waals surface area contributed by atoms with E-state index in [0.29, 0.717) is 10.8 Å². The van der Waals surface area contributed by atoms with E-state index in [2.05, 4.69) is 11.5 Å². The second-order valence-electron chi connectivity index (χ2n) is 6.48. The first-order valence-corrected chi connectivity index (χ1v) is 8.49. The van der Waals surface area contributed by atoms with Crippen molar-refractivity contribution < 1.29 is 14.6 Å². The number of aliphatic hydroxyl groups excluding tert-OH is 1. The van der Waals surface area contributed by atoms with E-state index in [9.17, 15) is 9.90 Å². The third kappa shape index (κ3) is 4.97. The Balaban J connectivity index is 2.01. The number of hydrogen-bond acceptors (Lipinski definition) is 4. The number of nitrogens with zero attached hydrogens (tertiary/aromatic N) is 1. The first kappa shape index (κ1) is 18.8. The molecule has 0 aromatic heterocycles. The predicted octanol–water partition coefficient (Wildman–Crippen LogP) is 2.35. The van der Waals surface area contributed by atoms with Gasteiger partial charge in [-0.1, -0.05) is 23.7 Å². The summed E-state index contributed by atoms with van der Waals surface area (Å²) in [5.74, 6) is -0.0831. The van der Waals surface area contributed by atoms with Crippen LogP contribution in [0.4, 0.5) is 0 Å². The standard InChI is InChI=1S/C18H25ClN2O3/c1-2-6-18(13-22)7-3-8-21(12-18)10-14-4-5-16(15(19)9-14)24-11-17(20)23/h2,4-5,9,22H,1,3,6-8,10-13H2,(H2,20,23). The Kier molecular flexibility index (Phi) is 6.66. The molecule has 1 heterocycles. The largest absolute Gasteiger partial charge is 0.482 e. The Morgan fingerprint density at radius 1 is 1.54 bits per heavy atom. The molecule has 2 rings (SSSR count). The number of ether oxygens (including phenoxy) is 1. The zero-order valence-electron chi connectivity index (χ0n) is 13.8. The number of halogens is 1. The van der Waals surface area contributed by atoms with E-state index in [1.54, 1.807) is 6.07 Å². The van der Waals surface area contributed by atoms with Crippen LogP contribution >= 0.6 is 11.6 Å². The maximum Gasteiger partial charge on any atom is 0.255 e. The van der Waals surface area contributed by atoms with E-state index >= 15 is 0 Å². The van der Waals surface area contributed by atoms with Gasteiger partial charge in [-0.25, -0.2) is 0 Å². The highest BCUT2D eigenvalue weighted by Crippen LogP contribution is 2.34. The molecule has 24 heavy (non-hydrogen) atoms. The van der Waals surface area contributed by atoms with Gasteiger partial charge in [-0.3, -0.25) is 9.69 Å². The van der Waals surface area contributed by atoms with Crippen molar-refractivity contribution in [2.24, 2.45) is 11.1 Å². The van der Waals surface area contributed by atoms with Gasteiger partial charge in [0.2, 0.25) is 0 Å². The molecule has 3 N–H and O–H groups in total. The summed E-state index contributed by atoms with van der Waals surface area (Å²) in [6, 6.07) is 5.54. The van der Waals surface area contributed by atoms with Crippen LogP contribution in [-0.2, 0) is 11.3 Å². The molecule has 1 aromatic carbocycles. The molecule has 6 heteroatoms. The molecule has 132 valence electrons. The van der Waals surface area contributed by atoms with Crippen molar-refractivity contribution in [1.82, 2.24) is 4.90 Å². The van der Waals surface area contributed by atoms with E-state index in [1.807, 2.05) is 18.2 Å². The van der Waals surface area contributed by atoms with Crippen LogP contribution < -0.4 is 10.5 Å². The molecule has 0 spiro atoms. The molecule has 1 fully saturated rings. The quantitative estimate of drug-likeness (QED) is 0.704. The lowest BCUT2D eigenvalue weighted by atomic mass is 9.78. The Morgan fingerprint density at radius 2 is 2.33 bits per heavy atom. The second kappa shape index (κ2) is 8.51. The van der Waals surface area contributed by atoms with Crippen molar-refractivity contribution in [3.05, 3.63) is 41.4 Å². The third-order valence-electron chi connectivity index (χ3n) is 4.43. The van der Waals surface area contributed by atoms with Crippen molar-refractivity contribution in [2.45, 2.75) is 25.8 Å². The average Bonchev–Trinajstić information content (AvgIpc) is 2.54. The van der Waals surface area contributed by atoms with Gasteiger partial charge in [0.25, 0.3) is 5.91 Å². The molecular weight excluding hydrogens is 328 g/mol. The molecule has 1 amide bonds. The summed E-state index contributed by atoms with van der Waals surface area (Å²) in [6.07, 6.45) is 4.79. The number of benzene rings is 1. The van der Waals surface area contributed by atoms with Crippen molar-refractivity contribution >= 4 is 17.5 Å². The summed E-state index contributed by atoms with van der Waals surface area (Å²) in [4.78, 5) is 13.1. The molecule has 1 atom stereocenters. The zero-order valence-corrected chi connectivity index (χ0v) is 14.6. The molecule has 0 aliphatic carbocycles. The van der Waals surface area contributed by atoms with Gasteiger partial charge in [0.05, 0.1) is 11.6 Å². The first-order valence-electron chi connectivity index (χ1n) is 8.12. The number of amides is 1. The molecule has 5 nitrogen and oxygen atoms in total. The van der Waals surface area contributed by atoms with Gasteiger partial charge < -0.3 is 15.6 Å². The number of primary amides is 1. The summed E-state index contributed by atoms with van der Waals surface area (Å²) < 4.78 is 5.26. The molecule has 0 radical (unpaired) electrons. The number of piperidine rings is 1. The van der Waals surface area contributed by atoms with Crippen LogP contribution in [0.5, 0.6) is 5.75 Å². The van der Waals surface area contributed by atoms with Gasteiger partial charge in [0, 0.05) is 18.5 Å². The number of rotatable bonds is 8. The monoisotopic (exact) mass is 352 g/mol. The van der Waals surface area contributed by atoms with Crippen LogP contribution in [-0.4, -0.2) is 42.2 Å². The predicted molar refractivity (Wildman–Crippen MR) is 95.0 cm³/mol. The Labute approximate surface area is 148 Å². The van der Waals surface area contributed by atoms with E-state index in [0.717, 1.165) is 44.5 Å². The molecule has 1 aliphatic rings. The van der Waals surface area contributed by atoms with Crippen LogP contribution in [0.2, 0.25) is 5.02 Å². The minimum Gasteiger partial charge on any atom is -0.482 e. The zero-order chi connectivity index (χ0) is 17.6. The Morgan fingerprint density at radius 3 is 2.96 bits per heavy atom. The number of aliphatic hydroxyl groups is 1. The molecule has 0 bridgehead atoms. The molecular formula is C18H25ClN2O3. The smallest absolute Gasteiger partial charge is 0.255 e. The number of carbonyl (C=O) groups excluding carboxylic acids is 1. The fraction of sp³-hybridized carbons (Fsp3) is 0.500. The highest BCUT2D eigenvalue weighted by atomic mass is 35.5. The second-order valence-corrected chi connectivity index (χ2v) is 6.89. The lowest BCUT2D eigenvalue weighted by molar-refractivity contribution is -0.119. The van der Waals surface area contributed by atoms with E-state index < -0.39 is 5.91 Å². The summed E-state index contributed by atoms with van der Waals surface area (Å²) in [6.45, 7) is 6.40. The number of likely N-dealkylation sites (tertiary alicyclic amines) is 1. The van der Waals surface area contributed by atoms with Gasteiger partial charge in [-0.2, -0.15) is 0 Å². The first-order chi connectivity index (χ1) is 11.5. The van der Waals surface area contributed by atoms with Crippen molar-refractivity contribution in [1.29, 1.82) is 0 Å². The topological polar surface area (TPSA) is 75.8 Å². The van der Waals surface area contributed by atoms with Crippen LogP contribution in [0.1, 0.15) is 24.8 Å². The number of allylic oxidation sites excluding steroid dienone is 1. The molecule has 1 aromatic rings. The van der Waals surface area contributed by atoms with Gasteiger partial charge in [0.15, 0.2) is 6.61 Å². The summed E-state index contributed by atoms with van der Waals surface area (Å²) in [5, 5.41) is 10.3. The fourth-order valence-electron chi connectivity index (χ4n) is 3.28. The highest BCUT2D eigenvalue weighted by molar-refractivity contribution is 6.32. The van der Waals surface area contributed by atoms with Crippen molar-refractivity contribution in [2.75, 3.05) is 26.3 Å². The minimum absolute atomic E-state index is 0.0890. The molecule has 0 saturated carbocycles. The summed E-state index contributed by atoms with van der Waals surface area (Å²) in [5.41, 5.74) is 6.05. The minimum atomic E-state index is -0.536. The maximum absolute atomic E-state index is 10.8. The Bertz CT molecular complexity index is 594. The lowest BCUT2D eigenvalue weighted by Gasteiger charge is -2.41. The Hall–Kier alpha value is -1.56. The van der Waals surface area contributed by atoms with E-state index in [1.165, 1.54) is 0 Å². The SMILES string of the molecule is C=CCC1(CO)CCCN(Cc2ccc(OCC(N)=O)c(Cl)c2)C1. The van der Waals surface area contributed by atoms with Gasteiger partial charge in [-0.15, -0.1) is 6.58 Å². The highest BCUT2D eigenvalue weighted by Gasteiger charge is 2.33. The number of nitrogens with two attached hydrogens (primary N) is 1. The third-order valence-corrected chi connectivity index (χ3v) is 4.72. The van der Waals surface area contributed by atoms with E-state index in [4.69, 9.17) is 22.1 Å². The average molecular weight is 353 g/mol. The van der Waals surface area contributed by atoms with Crippen molar-refractivity contribution in [3.8, 4) is 5.75 Å². The van der Waals surface area contributed by atoms with Crippen LogP contribution in [0.15, 0.2) is 30.9 Å². The van der Waals surface area contributed by atoms with Gasteiger partial charge >= 0.3 is 0 Å². The summed E-state index contributed by atoms with van der Waals surface area (Å²) in [7, 11) is 0. The maximum atomic E-state index is 10.8. The van der Waals surface area contributed by atoms with Crippen molar-refractivity contribution in [3.63, 3.8) is 0 Å². The molecule has 1 saturated heterocycles. The van der Waals surface area contributed by atoms with Crippen LogP contribution in [0.3, 0.4) is 0 Å². The van der Waals surface area contributed by atoms with Crippen LogP contribution in [0, 0.1) is 5.41 Å². The van der Waals surface area contributed by atoms with E-state index in [-0.39, 0.29) is 18.6 Å². The lowest BCUT2D eigenvalue weighted by Crippen LogP contribution is -2.44. The van der Waals surface area contributed by atoms with Crippen LogP contribution in [0.25, 0.3) is 0 Å². The number of carbonyl (C=O) groups is 1. The van der Waals surface area contributed by atoms with Gasteiger partial charge in [-0.05, 0) is 43.5 Å². The molecule has 1 unspecified atom stereocenters.